The van der Waals surface area contributed by atoms with Crippen molar-refractivity contribution in [1.29, 1.82) is 0 Å². The van der Waals surface area contributed by atoms with Crippen LogP contribution in [0.4, 0.5) is 0 Å². The Balaban J connectivity index is 2.10. The molecule has 0 radical (unpaired) electrons. The van der Waals surface area contributed by atoms with Gasteiger partial charge in [-0.25, -0.2) is 0 Å². The van der Waals surface area contributed by atoms with Gasteiger partial charge < -0.3 is 19.3 Å². The minimum atomic E-state index is -0.735. The summed E-state index contributed by atoms with van der Waals surface area (Å²) < 4.78 is 16.6. The molecule has 3 rings (SSSR count). The minimum absolute atomic E-state index is 0.114. The van der Waals surface area contributed by atoms with Crippen molar-refractivity contribution in [2.24, 2.45) is 5.92 Å². The summed E-state index contributed by atoms with van der Waals surface area (Å²) >= 11 is 1.69. The Morgan fingerprint density at radius 1 is 1.07 bits per heavy atom. The highest BCUT2D eigenvalue weighted by Gasteiger charge is 2.32. The van der Waals surface area contributed by atoms with Crippen LogP contribution in [0, 0.1) is 5.92 Å². The Morgan fingerprint density at radius 3 is 2.20 bits per heavy atom. The molecule has 0 bridgehead atoms. The van der Waals surface area contributed by atoms with Crippen LogP contribution < -0.4 is 14.2 Å². The maximum Gasteiger partial charge on any atom is 0.307 e. The maximum atomic E-state index is 11.7. The van der Waals surface area contributed by atoms with Gasteiger partial charge >= 0.3 is 5.97 Å². The third-order valence-electron chi connectivity index (χ3n) is 5.60. The van der Waals surface area contributed by atoms with Crippen molar-refractivity contribution in [3.63, 3.8) is 0 Å². The molecule has 0 aromatic heterocycles. The lowest BCUT2D eigenvalue weighted by molar-refractivity contribution is -0.143. The van der Waals surface area contributed by atoms with Gasteiger partial charge in [0.2, 0.25) is 5.75 Å². The van der Waals surface area contributed by atoms with Gasteiger partial charge in [-0.2, -0.15) is 0 Å². The number of hydrogen-bond acceptors (Lipinski definition) is 6. The average molecular weight is 432 g/mol. The molecule has 162 valence electrons. The van der Waals surface area contributed by atoms with E-state index in [-0.39, 0.29) is 12.0 Å². The molecule has 2 aromatic rings. The fourth-order valence-electron chi connectivity index (χ4n) is 4.10. The number of hydrogen-bond donors (Lipinski definition) is 1. The molecule has 1 aliphatic heterocycles. The van der Waals surface area contributed by atoms with E-state index in [9.17, 15) is 9.90 Å². The molecular formula is C23H29NO5S. The van der Waals surface area contributed by atoms with Crippen molar-refractivity contribution in [2.75, 3.05) is 40.7 Å². The smallest absolute Gasteiger partial charge is 0.307 e. The molecule has 1 saturated heterocycles. The molecule has 2 unspecified atom stereocenters. The largest absolute Gasteiger partial charge is 0.493 e. The van der Waals surface area contributed by atoms with Gasteiger partial charge in [-0.15, -0.1) is 11.8 Å². The van der Waals surface area contributed by atoms with E-state index in [1.54, 1.807) is 33.1 Å². The lowest BCUT2D eigenvalue weighted by atomic mass is 9.91. The van der Waals surface area contributed by atoms with Crippen LogP contribution in [-0.4, -0.2) is 56.7 Å². The van der Waals surface area contributed by atoms with E-state index in [1.165, 1.54) is 4.90 Å². The zero-order chi connectivity index (χ0) is 21.7. The number of thioether (sulfide) groups is 1. The number of carboxylic acids is 1. The fourth-order valence-corrected chi connectivity index (χ4v) is 4.51. The van der Waals surface area contributed by atoms with E-state index >= 15 is 0 Å². The Bertz CT molecular complexity index is 845. The van der Waals surface area contributed by atoms with E-state index in [2.05, 4.69) is 29.2 Å². The average Bonchev–Trinajstić information content (AvgIpc) is 2.79. The van der Waals surface area contributed by atoms with Crippen LogP contribution in [0.3, 0.4) is 0 Å². The molecule has 1 heterocycles. The second-order valence-electron chi connectivity index (χ2n) is 7.31. The number of benzene rings is 2. The van der Waals surface area contributed by atoms with Gasteiger partial charge in [-0.3, -0.25) is 9.69 Å². The van der Waals surface area contributed by atoms with Gasteiger partial charge in [0.25, 0.3) is 0 Å². The second kappa shape index (κ2) is 10.1. The number of carboxylic acid groups (broad SMARTS) is 1. The first kappa shape index (κ1) is 22.3. The first-order valence-corrected chi connectivity index (χ1v) is 11.2. The summed E-state index contributed by atoms with van der Waals surface area (Å²) in [6, 6.07) is 12.2. The van der Waals surface area contributed by atoms with Crippen molar-refractivity contribution in [3.05, 3.63) is 47.5 Å². The summed E-state index contributed by atoms with van der Waals surface area (Å²) in [6.45, 7) is 1.33. The predicted octanol–water partition coefficient (Wildman–Crippen LogP) is 4.32. The molecule has 0 saturated carbocycles. The first-order chi connectivity index (χ1) is 14.5. The minimum Gasteiger partial charge on any atom is -0.493 e. The topological polar surface area (TPSA) is 68.2 Å². The zero-order valence-electron chi connectivity index (χ0n) is 17.9. The molecule has 1 fully saturated rings. The molecule has 2 aromatic carbocycles. The van der Waals surface area contributed by atoms with Gasteiger partial charge in [-0.1, -0.05) is 12.1 Å². The van der Waals surface area contributed by atoms with E-state index in [1.807, 2.05) is 18.4 Å². The molecule has 1 N–H and O–H groups in total. The Kier molecular flexibility index (Phi) is 7.50. The van der Waals surface area contributed by atoms with E-state index in [4.69, 9.17) is 14.2 Å². The highest BCUT2D eigenvalue weighted by Crippen LogP contribution is 2.43. The summed E-state index contributed by atoms with van der Waals surface area (Å²) in [5, 5.41) is 9.59. The van der Waals surface area contributed by atoms with Crippen LogP contribution in [-0.2, 0) is 4.79 Å². The van der Waals surface area contributed by atoms with Gasteiger partial charge in [-0.05, 0) is 61.0 Å². The molecule has 7 heteroatoms. The summed E-state index contributed by atoms with van der Waals surface area (Å²) in [6.07, 6.45) is 3.60. The number of ether oxygens (including phenoxy) is 3. The second-order valence-corrected chi connectivity index (χ2v) is 8.19. The number of piperidine rings is 1. The normalized spacial score (nSPS) is 17.9. The van der Waals surface area contributed by atoms with E-state index in [0.29, 0.717) is 30.2 Å². The number of aliphatic carboxylic acids is 1. The van der Waals surface area contributed by atoms with E-state index < -0.39 is 5.97 Å². The molecule has 1 aliphatic rings. The summed E-state index contributed by atoms with van der Waals surface area (Å²) in [5.41, 5.74) is 2.08. The molecule has 6 nitrogen and oxygen atoms in total. The lowest BCUT2D eigenvalue weighted by Gasteiger charge is -2.38. The van der Waals surface area contributed by atoms with Crippen LogP contribution >= 0.6 is 11.8 Å². The zero-order valence-corrected chi connectivity index (χ0v) is 18.7. The number of methoxy groups -OCH3 is 3. The summed E-state index contributed by atoms with van der Waals surface area (Å²) in [5.74, 6) is 0.617. The highest BCUT2D eigenvalue weighted by molar-refractivity contribution is 7.98. The highest BCUT2D eigenvalue weighted by atomic mass is 32.2. The quantitative estimate of drug-likeness (QED) is 0.624. The molecule has 0 spiro atoms. The third kappa shape index (κ3) is 4.68. The van der Waals surface area contributed by atoms with Crippen molar-refractivity contribution < 1.29 is 24.1 Å². The Morgan fingerprint density at radius 2 is 1.70 bits per heavy atom. The van der Waals surface area contributed by atoms with Crippen molar-refractivity contribution in [1.82, 2.24) is 4.90 Å². The number of likely N-dealkylation sites (tertiary alicyclic amines) is 1. The van der Waals surface area contributed by atoms with Crippen LogP contribution in [0.15, 0.2) is 41.3 Å². The predicted molar refractivity (Wildman–Crippen MR) is 118 cm³/mol. The third-order valence-corrected chi connectivity index (χ3v) is 6.35. The number of rotatable bonds is 8. The van der Waals surface area contributed by atoms with Gasteiger partial charge in [0, 0.05) is 11.4 Å². The van der Waals surface area contributed by atoms with Gasteiger partial charge in [0.1, 0.15) is 0 Å². The van der Waals surface area contributed by atoms with Gasteiger partial charge in [0.15, 0.2) is 11.5 Å². The standard InChI is InChI=1S/C23H29NO5S/c1-27-19-12-17(13-20(28-2)22(19)29-3)21(15-7-9-18(30-4)10-8-15)24-11-5-6-16(14-24)23(25)26/h7-10,12-13,16,21H,5-6,11,14H2,1-4H3,(H,25,26). The first-order valence-electron chi connectivity index (χ1n) is 9.93. The Labute approximate surface area is 182 Å². The van der Waals surface area contributed by atoms with Crippen molar-refractivity contribution in [3.8, 4) is 17.2 Å². The lowest BCUT2D eigenvalue weighted by Crippen LogP contribution is -2.41. The summed E-state index contributed by atoms with van der Waals surface area (Å²) in [7, 11) is 4.79. The monoisotopic (exact) mass is 431 g/mol. The van der Waals surface area contributed by atoms with E-state index in [0.717, 1.165) is 24.1 Å². The number of carbonyl (C=O) groups is 1. The molecule has 30 heavy (non-hydrogen) atoms. The van der Waals surface area contributed by atoms with Crippen molar-refractivity contribution in [2.45, 2.75) is 23.8 Å². The molecule has 2 atom stereocenters. The molecule has 0 amide bonds. The van der Waals surface area contributed by atoms with Crippen LogP contribution in [0.5, 0.6) is 17.2 Å². The SMILES string of the molecule is COc1cc(C(c2ccc(SC)cc2)N2CCCC(C(=O)O)C2)cc(OC)c1OC. The fraction of sp³-hybridized carbons (Fsp3) is 0.435. The Hall–Kier alpha value is -2.38. The molecule has 0 aliphatic carbocycles. The van der Waals surface area contributed by atoms with Crippen LogP contribution in [0.2, 0.25) is 0 Å². The van der Waals surface area contributed by atoms with Gasteiger partial charge in [0.05, 0.1) is 33.3 Å². The van der Waals surface area contributed by atoms with Crippen LogP contribution in [0.1, 0.15) is 30.0 Å². The molecular weight excluding hydrogens is 402 g/mol. The van der Waals surface area contributed by atoms with Crippen molar-refractivity contribution >= 4 is 17.7 Å². The summed E-state index contributed by atoms with van der Waals surface area (Å²) in [4.78, 5) is 15.1. The van der Waals surface area contributed by atoms with Crippen LogP contribution in [0.25, 0.3) is 0 Å². The maximum absolute atomic E-state index is 11.7. The number of nitrogens with zero attached hydrogens (tertiary/aromatic N) is 1.